The third-order valence-corrected chi connectivity index (χ3v) is 3.65. The highest BCUT2D eigenvalue weighted by atomic mass is 16.1. The summed E-state index contributed by atoms with van der Waals surface area (Å²) in [5.74, 6) is 0.172. The van der Waals surface area contributed by atoms with E-state index in [2.05, 4.69) is 21.3 Å². The van der Waals surface area contributed by atoms with Crippen LogP contribution in [0.5, 0.6) is 0 Å². The second-order valence-electron chi connectivity index (χ2n) is 5.14. The van der Waals surface area contributed by atoms with Crippen molar-refractivity contribution in [3.8, 4) is 0 Å². The number of hydrogen-bond acceptors (Lipinski definition) is 3. The predicted molar refractivity (Wildman–Crippen MR) is 75.6 cm³/mol. The number of nitrogens with one attached hydrogen (secondary N) is 1. The predicted octanol–water partition coefficient (Wildman–Crippen LogP) is 1.96. The minimum absolute atomic E-state index is 0.172. The molecule has 1 aliphatic rings. The van der Waals surface area contributed by atoms with Crippen LogP contribution in [0, 0.1) is 0 Å². The molecule has 19 heavy (non-hydrogen) atoms. The topological polar surface area (TPSA) is 45.2 Å². The number of rotatable bonds is 5. The maximum absolute atomic E-state index is 11.8. The molecule has 4 nitrogen and oxygen atoms in total. The summed E-state index contributed by atoms with van der Waals surface area (Å²) < 4.78 is 0. The minimum atomic E-state index is 0.172. The summed E-state index contributed by atoms with van der Waals surface area (Å²) in [6.07, 6.45) is 7.91. The van der Waals surface area contributed by atoms with Gasteiger partial charge in [-0.3, -0.25) is 14.7 Å². The van der Waals surface area contributed by atoms with Gasteiger partial charge in [-0.2, -0.15) is 0 Å². The highest BCUT2D eigenvalue weighted by Gasteiger charge is 2.24. The molecule has 1 aromatic heterocycles. The number of hydrogen-bond donors (Lipinski definition) is 1. The summed E-state index contributed by atoms with van der Waals surface area (Å²) in [5.41, 5.74) is 1.23. The number of nitrogens with zero attached hydrogens (tertiary/aromatic N) is 2. The van der Waals surface area contributed by atoms with Crippen molar-refractivity contribution < 1.29 is 4.79 Å². The smallest absolute Gasteiger partial charge is 0.221 e. The molecule has 1 atom stereocenters. The van der Waals surface area contributed by atoms with Crippen molar-refractivity contribution in [1.82, 2.24) is 15.2 Å². The SMILES string of the molecule is CCNC(=O)C[C@@H]1CCCCN1Cc1cccnc1. The summed E-state index contributed by atoms with van der Waals surface area (Å²) in [6.45, 7) is 4.66. The van der Waals surface area contributed by atoms with E-state index in [9.17, 15) is 4.79 Å². The molecule has 0 radical (unpaired) electrons. The fourth-order valence-electron chi connectivity index (χ4n) is 2.71. The number of amides is 1. The van der Waals surface area contributed by atoms with Crippen molar-refractivity contribution in [2.45, 2.75) is 45.2 Å². The maximum Gasteiger partial charge on any atom is 0.221 e. The molecular formula is C15H23N3O. The lowest BCUT2D eigenvalue weighted by Gasteiger charge is -2.35. The molecule has 1 fully saturated rings. The Morgan fingerprint density at radius 2 is 2.42 bits per heavy atom. The zero-order valence-electron chi connectivity index (χ0n) is 11.6. The first-order valence-electron chi connectivity index (χ1n) is 7.19. The fourth-order valence-corrected chi connectivity index (χ4v) is 2.71. The zero-order valence-corrected chi connectivity index (χ0v) is 11.6. The maximum atomic E-state index is 11.8. The molecule has 0 aliphatic carbocycles. The molecule has 2 heterocycles. The number of carbonyl (C=O) groups is 1. The van der Waals surface area contributed by atoms with Crippen LogP contribution in [0.2, 0.25) is 0 Å². The summed E-state index contributed by atoms with van der Waals surface area (Å²) >= 11 is 0. The van der Waals surface area contributed by atoms with E-state index >= 15 is 0 Å². The van der Waals surface area contributed by atoms with Crippen LogP contribution in [0.3, 0.4) is 0 Å². The van der Waals surface area contributed by atoms with Crippen molar-refractivity contribution in [3.63, 3.8) is 0 Å². The molecule has 4 heteroatoms. The third kappa shape index (κ3) is 4.31. The first-order valence-corrected chi connectivity index (χ1v) is 7.19. The van der Waals surface area contributed by atoms with Crippen LogP contribution in [0.4, 0.5) is 0 Å². The van der Waals surface area contributed by atoms with Gasteiger partial charge in [0.1, 0.15) is 0 Å². The molecule has 0 spiro atoms. The van der Waals surface area contributed by atoms with Gasteiger partial charge in [-0.25, -0.2) is 0 Å². The first-order chi connectivity index (χ1) is 9.29. The van der Waals surface area contributed by atoms with E-state index in [1.807, 2.05) is 19.2 Å². The van der Waals surface area contributed by atoms with E-state index in [4.69, 9.17) is 0 Å². The van der Waals surface area contributed by atoms with Crippen molar-refractivity contribution in [3.05, 3.63) is 30.1 Å². The average Bonchev–Trinajstić information content (AvgIpc) is 2.42. The third-order valence-electron chi connectivity index (χ3n) is 3.65. The van der Waals surface area contributed by atoms with E-state index in [-0.39, 0.29) is 5.91 Å². The fraction of sp³-hybridized carbons (Fsp3) is 0.600. The molecule has 0 aromatic carbocycles. The Kier molecular flexibility index (Phi) is 5.33. The second kappa shape index (κ2) is 7.24. The highest BCUT2D eigenvalue weighted by Crippen LogP contribution is 2.21. The normalized spacial score (nSPS) is 20.2. The lowest BCUT2D eigenvalue weighted by molar-refractivity contribution is -0.122. The summed E-state index contributed by atoms with van der Waals surface area (Å²) in [4.78, 5) is 18.3. The Labute approximate surface area is 115 Å². The molecule has 2 rings (SSSR count). The lowest BCUT2D eigenvalue weighted by Crippen LogP contribution is -2.42. The molecule has 0 bridgehead atoms. The minimum Gasteiger partial charge on any atom is -0.356 e. The van der Waals surface area contributed by atoms with Gasteiger partial charge in [0.25, 0.3) is 0 Å². The number of aromatic nitrogens is 1. The molecule has 0 saturated carbocycles. The Balaban J connectivity index is 1.94. The molecule has 1 aromatic rings. The van der Waals surface area contributed by atoms with Crippen LogP contribution in [0.15, 0.2) is 24.5 Å². The van der Waals surface area contributed by atoms with Gasteiger partial charge in [0.05, 0.1) is 0 Å². The van der Waals surface area contributed by atoms with E-state index in [0.29, 0.717) is 19.0 Å². The Hall–Kier alpha value is -1.42. The number of piperidine rings is 1. The van der Waals surface area contributed by atoms with Crippen molar-refractivity contribution in [2.24, 2.45) is 0 Å². The van der Waals surface area contributed by atoms with Gasteiger partial charge in [0.15, 0.2) is 0 Å². The molecule has 0 unspecified atom stereocenters. The summed E-state index contributed by atoms with van der Waals surface area (Å²) in [7, 11) is 0. The molecule has 1 aliphatic heterocycles. The molecular weight excluding hydrogens is 238 g/mol. The Bertz CT molecular complexity index is 394. The van der Waals surface area contributed by atoms with Gasteiger partial charge in [0, 0.05) is 37.9 Å². The van der Waals surface area contributed by atoms with E-state index in [1.54, 1.807) is 6.20 Å². The molecule has 1 amide bonds. The van der Waals surface area contributed by atoms with E-state index in [1.165, 1.54) is 18.4 Å². The van der Waals surface area contributed by atoms with Gasteiger partial charge in [-0.1, -0.05) is 12.5 Å². The highest BCUT2D eigenvalue weighted by molar-refractivity contribution is 5.76. The van der Waals surface area contributed by atoms with Crippen LogP contribution in [-0.4, -0.2) is 34.9 Å². The van der Waals surface area contributed by atoms with Gasteiger partial charge < -0.3 is 5.32 Å². The quantitative estimate of drug-likeness (QED) is 0.881. The number of likely N-dealkylation sites (tertiary alicyclic amines) is 1. The first kappa shape index (κ1) is 14.0. The van der Waals surface area contributed by atoms with E-state index < -0.39 is 0 Å². The Morgan fingerprint density at radius 1 is 1.53 bits per heavy atom. The van der Waals surface area contributed by atoms with Gasteiger partial charge >= 0.3 is 0 Å². The number of pyridine rings is 1. The van der Waals surface area contributed by atoms with Crippen molar-refractivity contribution >= 4 is 5.91 Å². The van der Waals surface area contributed by atoms with Gasteiger partial charge in [-0.05, 0) is 37.9 Å². The molecule has 1 saturated heterocycles. The van der Waals surface area contributed by atoms with Crippen LogP contribution in [0.25, 0.3) is 0 Å². The lowest BCUT2D eigenvalue weighted by atomic mass is 9.98. The standard InChI is InChI=1S/C15H23N3O/c1-2-17-15(19)10-14-7-3-4-9-18(14)12-13-6-5-8-16-11-13/h5-6,8,11,14H,2-4,7,9-10,12H2,1H3,(H,17,19)/t14-/m0/s1. The van der Waals surface area contributed by atoms with Crippen molar-refractivity contribution in [1.29, 1.82) is 0 Å². The van der Waals surface area contributed by atoms with Crippen LogP contribution >= 0.6 is 0 Å². The molecule has 104 valence electrons. The second-order valence-corrected chi connectivity index (χ2v) is 5.14. The zero-order chi connectivity index (χ0) is 13.5. The van der Waals surface area contributed by atoms with E-state index in [0.717, 1.165) is 19.5 Å². The van der Waals surface area contributed by atoms with Crippen LogP contribution in [-0.2, 0) is 11.3 Å². The molecule has 1 N–H and O–H groups in total. The van der Waals surface area contributed by atoms with Gasteiger partial charge in [-0.15, -0.1) is 0 Å². The monoisotopic (exact) mass is 261 g/mol. The van der Waals surface area contributed by atoms with Crippen molar-refractivity contribution in [2.75, 3.05) is 13.1 Å². The Morgan fingerprint density at radius 3 is 3.16 bits per heavy atom. The largest absolute Gasteiger partial charge is 0.356 e. The van der Waals surface area contributed by atoms with Crippen LogP contribution in [0.1, 0.15) is 38.2 Å². The van der Waals surface area contributed by atoms with Gasteiger partial charge in [0.2, 0.25) is 5.91 Å². The summed E-state index contributed by atoms with van der Waals surface area (Å²) in [6, 6.07) is 4.45. The summed E-state index contributed by atoms with van der Waals surface area (Å²) in [5, 5.41) is 2.90. The van der Waals surface area contributed by atoms with Crippen LogP contribution < -0.4 is 5.32 Å². The number of carbonyl (C=O) groups excluding carboxylic acids is 1. The average molecular weight is 261 g/mol.